The summed E-state index contributed by atoms with van der Waals surface area (Å²) in [7, 11) is 0. The number of hydrogen-bond donors (Lipinski definition) is 2. The van der Waals surface area contributed by atoms with Crippen LogP contribution in [0.15, 0.2) is 66.1 Å². The van der Waals surface area contributed by atoms with Gasteiger partial charge in [0.05, 0.1) is 12.2 Å². The van der Waals surface area contributed by atoms with E-state index in [2.05, 4.69) is 27.6 Å². The van der Waals surface area contributed by atoms with Crippen LogP contribution in [0.1, 0.15) is 50.3 Å². The predicted molar refractivity (Wildman–Crippen MR) is 126 cm³/mol. The van der Waals surface area contributed by atoms with E-state index >= 15 is 0 Å². The number of carbonyl (C=O) groups is 1. The Labute approximate surface area is 188 Å². The molecule has 1 amide bonds. The third-order valence-electron chi connectivity index (χ3n) is 5.64. The van der Waals surface area contributed by atoms with E-state index in [4.69, 9.17) is 4.74 Å². The van der Waals surface area contributed by atoms with Gasteiger partial charge in [-0.3, -0.25) is 4.79 Å². The summed E-state index contributed by atoms with van der Waals surface area (Å²) in [5, 5.41) is 10.7. The van der Waals surface area contributed by atoms with Gasteiger partial charge < -0.3 is 15.4 Å². The largest absolute Gasteiger partial charge is 0.494 e. The minimum atomic E-state index is -0.396. The normalized spacial score (nSPS) is 15.2. The van der Waals surface area contributed by atoms with Gasteiger partial charge in [-0.1, -0.05) is 50.1 Å². The minimum absolute atomic E-state index is 0.171. The monoisotopic (exact) mass is 431 g/mol. The maximum absolute atomic E-state index is 13.4. The molecule has 32 heavy (non-hydrogen) atoms. The van der Waals surface area contributed by atoms with Crippen molar-refractivity contribution in [3.63, 3.8) is 0 Å². The van der Waals surface area contributed by atoms with Crippen LogP contribution in [0.2, 0.25) is 0 Å². The van der Waals surface area contributed by atoms with Gasteiger partial charge in [0, 0.05) is 11.4 Å². The second-order valence-electron chi connectivity index (χ2n) is 7.99. The average Bonchev–Trinajstić information content (AvgIpc) is 3.26. The van der Waals surface area contributed by atoms with Crippen molar-refractivity contribution in [3.8, 4) is 5.75 Å². The second-order valence-corrected chi connectivity index (χ2v) is 7.99. The van der Waals surface area contributed by atoms with Gasteiger partial charge in [-0.25, -0.2) is 4.68 Å². The van der Waals surface area contributed by atoms with Gasteiger partial charge in [0.25, 0.3) is 5.91 Å². The van der Waals surface area contributed by atoms with E-state index in [9.17, 15) is 4.79 Å². The molecule has 0 radical (unpaired) electrons. The number of allylic oxidation sites excluding steroid dienone is 1. The first-order chi connectivity index (χ1) is 15.6. The van der Waals surface area contributed by atoms with Gasteiger partial charge >= 0.3 is 0 Å². The molecule has 2 aromatic carbocycles. The van der Waals surface area contributed by atoms with Gasteiger partial charge in [-0.05, 0) is 49.6 Å². The summed E-state index contributed by atoms with van der Waals surface area (Å²) in [6.07, 6.45) is 4.86. The van der Waals surface area contributed by atoms with E-state index in [1.165, 1.54) is 6.33 Å². The number of ether oxygens (including phenoxy) is 1. The Hall–Kier alpha value is -3.61. The summed E-state index contributed by atoms with van der Waals surface area (Å²) >= 11 is 0. The molecule has 0 aliphatic carbocycles. The van der Waals surface area contributed by atoms with E-state index in [0.717, 1.165) is 47.5 Å². The lowest BCUT2D eigenvalue weighted by atomic mass is 9.95. The molecule has 7 nitrogen and oxygen atoms in total. The standard InChI is InChI=1S/C25H29N5O2/c1-4-5-8-15-32-20-13-11-19(12-14-20)23-22(18(3)28-25-26-16-27-30(23)25)24(31)29-21-10-7-6-9-17(21)2/h6-7,9-14,16,23H,4-5,8,15H2,1-3H3,(H,29,31)(H,26,27,28)/t23-/m1/s1. The first kappa shape index (κ1) is 21.6. The molecule has 1 aliphatic rings. The Bertz CT molecular complexity index is 1120. The van der Waals surface area contributed by atoms with E-state index in [1.54, 1.807) is 4.68 Å². The van der Waals surface area contributed by atoms with Crippen LogP contribution in [0.4, 0.5) is 11.6 Å². The van der Waals surface area contributed by atoms with Crippen LogP contribution < -0.4 is 15.4 Å². The molecule has 1 atom stereocenters. The molecule has 1 aliphatic heterocycles. The first-order valence-electron chi connectivity index (χ1n) is 11.1. The van der Waals surface area contributed by atoms with Gasteiger partial charge in [-0.2, -0.15) is 10.1 Å². The summed E-state index contributed by atoms with van der Waals surface area (Å²) in [4.78, 5) is 17.7. The lowest BCUT2D eigenvalue weighted by Crippen LogP contribution is -2.31. The summed E-state index contributed by atoms with van der Waals surface area (Å²) in [5.74, 6) is 1.26. The highest BCUT2D eigenvalue weighted by Gasteiger charge is 2.33. The molecule has 2 N–H and O–H groups in total. The quantitative estimate of drug-likeness (QED) is 0.486. The number of carbonyl (C=O) groups excluding carboxylic acids is 1. The highest BCUT2D eigenvalue weighted by molar-refractivity contribution is 6.06. The number of rotatable bonds is 8. The van der Waals surface area contributed by atoms with Crippen molar-refractivity contribution in [2.75, 3.05) is 17.2 Å². The SMILES string of the molecule is CCCCCOc1ccc([C@@H]2C(C(=O)Nc3ccccc3C)=C(C)Nc3ncnn32)cc1. The number of nitrogens with zero attached hydrogens (tertiary/aromatic N) is 3. The highest BCUT2D eigenvalue weighted by Crippen LogP contribution is 2.36. The van der Waals surface area contributed by atoms with Gasteiger partial charge in [0.1, 0.15) is 18.1 Å². The highest BCUT2D eigenvalue weighted by atomic mass is 16.5. The molecule has 7 heteroatoms. The van der Waals surface area contributed by atoms with Crippen LogP contribution >= 0.6 is 0 Å². The Kier molecular flexibility index (Phi) is 6.54. The number of aryl methyl sites for hydroxylation is 1. The van der Waals surface area contributed by atoms with Gasteiger partial charge in [0.15, 0.2) is 0 Å². The van der Waals surface area contributed by atoms with Gasteiger partial charge in [-0.15, -0.1) is 0 Å². The van der Waals surface area contributed by atoms with Crippen LogP contribution in [0.5, 0.6) is 5.75 Å². The number of para-hydroxylation sites is 1. The van der Waals surface area contributed by atoms with Crippen LogP contribution in [-0.4, -0.2) is 27.3 Å². The maximum atomic E-state index is 13.4. The first-order valence-corrected chi connectivity index (χ1v) is 11.1. The van der Waals surface area contributed by atoms with Crippen LogP contribution in [0.25, 0.3) is 0 Å². The third-order valence-corrected chi connectivity index (χ3v) is 5.64. The Morgan fingerprint density at radius 3 is 2.66 bits per heavy atom. The summed E-state index contributed by atoms with van der Waals surface area (Å²) in [6, 6.07) is 15.2. The number of amides is 1. The molecule has 0 unspecified atom stereocenters. The molecular formula is C25H29N5O2. The number of aromatic nitrogens is 3. The van der Waals surface area contributed by atoms with Crippen molar-refractivity contribution >= 4 is 17.5 Å². The molecule has 3 aromatic rings. The third kappa shape index (κ3) is 4.51. The minimum Gasteiger partial charge on any atom is -0.494 e. The van der Waals surface area contributed by atoms with Crippen molar-refractivity contribution in [2.24, 2.45) is 0 Å². The Balaban J connectivity index is 1.62. The van der Waals surface area contributed by atoms with Crippen molar-refractivity contribution < 1.29 is 9.53 Å². The van der Waals surface area contributed by atoms with Crippen LogP contribution in [-0.2, 0) is 4.79 Å². The van der Waals surface area contributed by atoms with E-state index in [0.29, 0.717) is 18.1 Å². The van der Waals surface area contributed by atoms with Crippen molar-refractivity contribution in [2.45, 2.75) is 46.1 Å². The molecule has 4 rings (SSSR count). The lowest BCUT2D eigenvalue weighted by molar-refractivity contribution is -0.113. The zero-order valence-electron chi connectivity index (χ0n) is 18.8. The number of anilines is 2. The molecule has 166 valence electrons. The Morgan fingerprint density at radius 1 is 1.12 bits per heavy atom. The van der Waals surface area contributed by atoms with Crippen LogP contribution in [0, 0.1) is 6.92 Å². The van der Waals surface area contributed by atoms with Crippen molar-refractivity contribution in [3.05, 3.63) is 77.3 Å². The number of unbranched alkanes of at least 4 members (excludes halogenated alkanes) is 2. The summed E-state index contributed by atoms with van der Waals surface area (Å²) in [6.45, 7) is 6.75. The molecular weight excluding hydrogens is 402 g/mol. The summed E-state index contributed by atoms with van der Waals surface area (Å²) < 4.78 is 7.60. The topological polar surface area (TPSA) is 81.1 Å². The fourth-order valence-corrected chi connectivity index (χ4v) is 3.88. The number of hydrogen-bond acceptors (Lipinski definition) is 5. The van der Waals surface area contributed by atoms with Crippen molar-refractivity contribution in [1.82, 2.24) is 14.8 Å². The maximum Gasteiger partial charge on any atom is 0.255 e. The number of benzene rings is 2. The summed E-state index contributed by atoms with van der Waals surface area (Å²) in [5.41, 5.74) is 4.08. The molecule has 0 bridgehead atoms. The fourth-order valence-electron chi connectivity index (χ4n) is 3.88. The number of fused-ring (bicyclic) bond motifs is 1. The van der Waals surface area contributed by atoms with E-state index < -0.39 is 6.04 Å². The predicted octanol–water partition coefficient (Wildman–Crippen LogP) is 5.08. The molecule has 0 fully saturated rings. The molecule has 1 aromatic heterocycles. The average molecular weight is 432 g/mol. The van der Waals surface area contributed by atoms with Crippen LogP contribution in [0.3, 0.4) is 0 Å². The Morgan fingerprint density at radius 2 is 1.91 bits per heavy atom. The van der Waals surface area contributed by atoms with Gasteiger partial charge in [0.2, 0.25) is 5.95 Å². The fraction of sp³-hybridized carbons (Fsp3) is 0.320. The van der Waals surface area contributed by atoms with Crippen molar-refractivity contribution in [1.29, 1.82) is 0 Å². The van der Waals surface area contributed by atoms with E-state index in [1.807, 2.05) is 62.4 Å². The smallest absolute Gasteiger partial charge is 0.255 e. The molecule has 2 heterocycles. The molecule has 0 saturated carbocycles. The number of nitrogens with one attached hydrogen (secondary N) is 2. The molecule has 0 saturated heterocycles. The zero-order valence-corrected chi connectivity index (χ0v) is 18.8. The lowest BCUT2D eigenvalue weighted by Gasteiger charge is -2.29. The second kappa shape index (κ2) is 9.68. The molecule has 0 spiro atoms. The zero-order chi connectivity index (χ0) is 22.5. The van der Waals surface area contributed by atoms with E-state index in [-0.39, 0.29) is 5.91 Å².